The molecule has 2 heterocycles. The van der Waals surface area contributed by atoms with Crippen molar-refractivity contribution in [3.63, 3.8) is 0 Å². The molecule has 0 radical (unpaired) electrons. The lowest BCUT2D eigenvalue weighted by atomic mass is 10.1. The Hall–Kier alpha value is -3.30. The van der Waals surface area contributed by atoms with Crippen molar-refractivity contribution < 1.29 is 9.53 Å². The topological polar surface area (TPSA) is 86.9 Å². The highest BCUT2D eigenvalue weighted by atomic mass is 35.5. The Morgan fingerprint density at radius 3 is 2.79 bits per heavy atom. The van der Waals surface area contributed by atoms with Crippen molar-refractivity contribution in [2.45, 2.75) is 25.5 Å². The summed E-state index contributed by atoms with van der Waals surface area (Å²) in [5.74, 6) is 1.51. The van der Waals surface area contributed by atoms with Crippen molar-refractivity contribution in [1.82, 2.24) is 24.5 Å². The fourth-order valence-electron chi connectivity index (χ4n) is 3.56. The van der Waals surface area contributed by atoms with Crippen LogP contribution in [0.25, 0.3) is 22.6 Å². The van der Waals surface area contributed by atoms with Gasteiger partial charge in [-0.25, -0.2) is 0 Å². The highest BCUT2D eigenvalue weighted by molar-refractivity contribution is 7.99. The molecular formula is C24H25ClN6O2S. The molecule has 0 saturated heterocycles. The van der Waals surface area contributed by atoms with Gasteiger partial charge < -0.3 is 14.6 Å². The summed E-state index contributed by atoms with van der Waals surface area (Å²) in [6, 6.07) is 13.2. The second-order valence-corrected chi connectivity index (χ2v) is 9.02. The van der Waals surface area contributed by atoms with E-state index in [1.54, 1.807) is 23.9 Å². The van der Waals surface area contributed by atoms with E-state index >= 15 is 0 Å². The molecule has 1 amide bonds. The number of ether oxygens (including phenoxy) is 1. The van der Waals surface area contributed by atoms with E-state index in [-0.39, 0.29) is 11.7 Å². The Bertz CT molecular complexity index is 1330. The number of nitrogens with one attached hydrogen (secondary N) is 1. The molecule has 176 valence electrons. The van der Waals surface area contributed by atoms with Crippen molar-refractivity contribution in [3.05, 3.63) is 59.2 Å². The molecule has 0 unspecified atom stereocenters. The molecule has 8 nitrogen and oxygen atoms in total. The summed E-state index contributed by atoms with van der Waals surface area (Å²) >= 11 is 7.39. The first-order chi connectivity index (χ1) is 16.4. The molecule has 0 aliphatic carbocycles. The van der Waals surface area contributed by atoms with Crippen LogP contribution in [0, 0.1) is 6.92 Å². The minimum Gasteiger partial charge on any atom is -0.497 e. The first-order valence-corrected chi connectivity index (χ1v) is 12.1. The van der Waals surface area contributed by atoms with Crippen LogP contribution in [0.5, 0.6) is 5.75 Å². The normalized spacial score (nSPS) is 11.0. The average Bonchev–Trinajstić information content (AvgIpc) is 3.42. The number of carbonyl (C=O) groups excluding carboxylic acids is 1. The summed E-state index contributed by atoms with van der Waals surface area (Å²) in [5.41, 5.74) is 4.22. The van der Waals surface area contributed by atoms with E-state index in [0.29, 0.717) is 28.2 Å². The van der Waals surface area contributed by atoms with Gasteiger partial charge in [0.05, 0.1) is 18.4 Å². The summed E-state index contributed by atoms with van der Waals surface area (Å²) in [5, 5.41) is 17.6. The number of thioether (sulfide) groups is 1. The quantitative estimate of drug-likeness (QED) is 0.343. The Kier molecular flexibility index (Phi) is 7.23. The number of benzene rings is 2. The van der Waals surface area contributed by atoms with Crippen molar-refractivity contribution in [1.29, 1.82) is 0 Å². The minimum atomic E-state index is -0.138. The molecule has 0 aliphatic heterocycles. The number of rotatable bonds is 8. The third-order valence-corrected chi connectivity index (χ3v) is 6.45. The molecule has 0 spiro atoms. The average molecular weight is 497 g/mol. The number of methoxy groups -OCH3 is 1. The first-order valence-electron chi connectivity index (χ1n) is 10.7. The molecule has 0 bridgehead atoms. The third-order valence-electron chi connectivity index (χ3n) is 5.25. The lowest BCUT2D eigenvalue weighted by molar-refractivity contribution is -0.113. The number of halogens is 1. The smallest absolute Gasteiger partial charge is 0.234 e. The SMILES string of the molecule is CCn1c(SCC(=O)Nc2cc(Cl)ccc2C)nnc1-c1cn(C)nc1-c1cccc(OC)c1. The van der Waals surface area contributed by atoms with Gasteiger partial charge >= 0.3 is 0 Å². The van der Waals surface area contributed by atoms with Crippen molar-refractivity contribution in [2.24, 2.45) is 7.05 Å². The Morgan fingerprint density at radius 2 is 2.03 bits per heavy atom. The first kappa shape index (κ1) is 23.8. The van der Waals surface area contributed by atoms with E-state index in [2.05, 4.69) is 20.6 Å². The van der Waals surface area contributed by atoms with Crippen LogP contribution in [-0.4, -0.2) is 43.3 Å². The van der Waals surface area contributed by atoms with Gasteiger partial charge in [0.15, 0.2) is 11.0 Å². The summed E-state index contributed by atoms with van der Waals surface area (Å²) in [7, 11) is 3.51. The Balaban J connectivity index is 1.56. The van der Waals surface area contributed by atoms with E-state index in [1.165, 1.54) is 11.8 Å². The van der Waals surface area contributed by atoms with Crippen LogP contribution in [-0.2, 0) is 18.4 Å². The predicted molar refractivity (Wildman–Crippen MR) is 135 cm³/mol. The van der Waals surface area contributed by atoms with Gasteiger partial charge in [-0.05, 0) is 43.7 Å². The number of aryl methyl sites for hydroxylation is 2. The summed E-state index contributed by atoms with van der Waals surface area (Å²) in [6.45, 7) is 4.59. The summed E-state index contributed by atoms with van der Waals surface area (Å²) in [4.78, 5) is 12.6. The van der Waals surface area contributed by atoms with E-state index < -0.39 is 0 Å². The summed E-state index contributed by atoms with van der Waals surface area (Å²) in [6.07, 6.45) is 1.92. The predicted octanol–water partition coefficient (Wildman–Crippen LogP) is 5.07. The maximum atomic E-state index is 12.6. The number of amides is 1. The number of hydrogen-bond donors (Lipinski definition) is 1. The third kappa shape index (κ3) is 5.10. The van der Waals surface area contributed by atoms with Crippen LogP contribution in [0.3, 0.4) is 0 Å². The van der Waals surface area contributed by atoms with Gasteiger partial charge in [0.25, 0.3) is 0 Å². The van der Waals surface area contributed by atoms with E-state index in [4.69, 9.17) is 16.3 Å². The molecule has 4 aromatic rings. The molecular weight excluding hydrogens is 472 g/mol. The van der Waals surface area contributed by atoms with E-state index in [1.807, 2.05) is 62.0 Å². The van der Waals surface area contributed by atoms with Gasteiger partial charge in [-0.1, -0.05) is 41.6 Å². The summed E-state index contributed by atoms with van der Waals surface area (Å²) < 4.78 is 9.12. The molecule has 0 atom stereocenters. The van der Waals surface area contributed by atoms with Gasteiger partial charge in [-0.2, -0.15) is 5.10 Å². The van der Waals surface area contributed by atoms with Gasteiger partial charge in [-0.15, -0.1) is 10.2 Å². The maximum absolute atomic E-state index is 12.6. The lowest BCUT2D eigenvalue weighted by Gasteiger charge is -2.10. The van der Waals surface area contributed by atoms with E-state index in [9.17, 15) is 4.79 Å². The lowest BCUT2D eigenvalue weighted by Crippen LogP contribution is -2.15. The largest absolute Gasteiger partial charge is 0.497 e. The standard InChI is InChI=1S/C24H25ClN6O2S/c1-5-31-23(19-13-30(3)29-22(19)16-7-6-8-18(11-16)33-4)27-28-24(31)34-14-21(32)26-20-12-17(25)10-9-15(20)2/h6-13H,5,14H2,1-4H3,(H,26,32). The molecule has 0 fully saturated rings. The van der Waals surface area contributed by atoms with E-state index in [0.717, 1.165) is 28.1 Å². The highest BCUT2D eigenvalue weighted by Gasteiger charge is 2.21. The molecule has 1 N–H and O–H groups in total. The van der Waals surface area contributed by atoms with Gasteiger partial charge in [0.1, 0.15) is 11.4 Å². The fourth-order valence-corrected chi connectivity index (χ4v) is 4.54. The Labute approximate surface area is 207 Å². The molecule has 4 rings (SSSR count). The minimum absolute atomic E-state index is 0.138. The number of aromatic nitrogens is 5. The van der Waals surface area contributed by atoms with Crippen LogP contribution in [0.15, 0.2) is 53.8 Å². The monoisotopic (exact) mass is 496 g/mol. The van der Waals surface area contributed by atoms with Crippen molar-refractivity contribution in [3.8, 4) is 28.4 Å². The molecule has 0 saturated carbocycles. The zero-order valence-electron chi connectivity index (χ0n) is 19.4. The van der Waals surface area contributed by atoms with Crippen LogP contribution in [0.1, 0.15) is 12.5 Å². The molecule has 34 heavy (non-hydrogen) atoms. The number of hydrogen-bond acceptors (Lipinski definition) is 6. The van der Waals surface area contributed by atoms with Crippen LogP contribution in [0.2, 0.25) is 5.02 Å². The zero-order valence-corrected chi connectivity index (χ0v) is 20.9. The number of carbonyl (C=O) groups is 1. The fraction of sp³-hybridized carbons (Fsp3) is 0.250. The maximum Gasteiger partial charge on any atom is 0.234 e. The second-order valence-electron chi connectivity index (χ2n) is 7.64. The second kappa shape index (κ2) is 10.3. The van der Waals surface area contributed by atoms with Crippen LogP contribution < -0.4 is 10.1 Å². The van der Waals surface area contributed by atoms with Gasteiger partial charge in [0, 0.05) is 36.1 Å². The van der Waals surface area contributed by atoms with Crippen molar-refractivity contribution >= 4 is 35.0 Å². The Morgan fingerprint density at radius 1 is 1.21 bits per heavy atom. The molecule has 2 aromatic carbocycles. The number of nitrogens with zero attached hydrogens (tertiary/aromatic N) is 5. The molecule has 10 heteroatoms. The van der Waals surface area contributed by atoms with Crippen LogP contribution in [0.4, 0.5) is 5.69 Å². The zero-order chi connectivity index (χ0) is 24.2. The number of anilines is 1. The molecule has 0 aliphatic rings. The van der Waals surface area contributed by atoms with Gasteiger partial charge in [0.2, 0.25) is 5.91 Å². The van der Waals surface area contributed by atoms with Gasteiger partial charge in [-0.3, -0.25) is 9.48 Å². The molecule has 2 aromatic heterocycles. The van der Waals surface area contributed by atoms with Crippen molar-refractivity contribution in [2.75, 3.05) is 18.2 Å². The highest BCUT2D eigenvalue weighted by Crippen LogP contribution is 2.33. The van der Waals surface area contributed by atoms with Crippen LogP contribution >= 0.6 is 23.4 Å².